The summed E-state index contributed by atoms with van der Waals surface area (Å²) in [6, 6.07) is 13.1. The standard InChI is InChI=1S/C21H19N5O2/c1-14(27)10-16-11-18(7-9-23-16)28-17-5-6-20-19(12-17)25-21(26(20)2)24-15-4-3-8-22-13-15/h3-9,11-13H,10H2,1-2H3,(H,24,25). The third-order valence-corrected chi connectivity index (χ3v) is 4.22. The van der Waals surface area contributed by atoms with Gasteiger partial charge in [-0.05, 0) is 37.3 Å². The lowest BCUT2D eigenvalue weighted by Gasteiger charge is -2.07. The molecule has 0 radical (unpaired) electrons. The van der Waals surface area contributed by atoms with Gasteiger partial charge in [0.2, 0.25) is 5.95 Å². The molecule has 4 rings (SSSR count). The van der Waals surface area contributed by atoms with Crippen LogP contribution in [0.4, 0.5) is 11.6 Å². The van der Waals surface area contributed by atoms with Crippen LogP contribution in [0.5, 0.6) is 11.5 Å². The number of benzene rings is 1. The zero-order valence-corrected chi connectivity index (χ0v) is 15.6. The Morgan fingerprint density at radius 1 is 1.14 bits per heavy atom. The first-order chi connectivity index (χ1) is 13.6. The molecule has 0 aliphatic rings. The van der Waals surface area contributed by atoms with Crippen LogP contribution in [0.15, 0.2) is 61.1 Å². The molecule has 0 atom stereocenters. The quantitative estimate of drug-likeness (QED) is 0.549. The van der Waals surface area contributed by atoms with Crippen molar-refractivity contribution < 1.29 is 9.53 Å². The molecule has 140 valence electrons. The number of hydrogen-bond donors (Lipinski definition) is 1. The Kier molecular flexibility index (Phi) is 4.72. The predicted molar refractivity (Wildman–Crippen MR) is 107 cm³/mol. The first-order valence-electron chi connectivity index (χ1n) is 8.84. The molecule has 0 fully saturated rings. The summed E-state index contributed by atoms with van der Waals surface area (Å²) in [5.74, 6) is 2.08. The maximum atomic E-state index is 11.3. The number of nitrogens with one attached hydrogen (secondary N) is 1. The number of Topliss-reactive ketones (excluding diaryl/α,β-unsaturated/α-hetero) is 1. The molecule has 0 saturated carbocycles. The Balaban J connectivity index is 1.59. The summed E-state index contributed by atoms with van der Waals surface area (Å²) >= 11 is 0. The van der Waals surface area contributed by atoms with Gasteiger partial charge in [-0.2, -0.15) is 0 Å². The number of aryl methyl sites for hydroxylation is 1. The molecule has 7 heteroatoms. The second-order valence-corrected chi connectivity index (χ2v) is 6.48. The lowest BCUT2D eigenvalue weighted by Crippen LogP contribution is -1.99. The number of nitrogens with zero attached hydrogens (tertiary/aromatic N) is 4. The van der Waals surface area contributed by atoms with Gasteiger partial charge in [-0.25, -0.2) is 4.98 Å². The Hall–Kier alpha value is -3.74. The van der Waals surface area contributed by atoms with E-state index in [1.807, 2.05) is 41.9 Å². The fourth-order valence-corrected chi connectivity index (χ4v) is 2.93. The molecule has 7 nitrogen and oxygen atoms in total. The van der Waals surface area contributed by atoms with Crippen molar-refractivity contribution in [3.63, 3.8) is 0 Å². The summed E-state index contributed by atoms with van der Waals surface area (Å²) in [5.41, 5.74) is 3.34. The van der Waals surface area contributed by atoms with Gasteiger partial charge in [0.05, 0.1) is 28.6 Å². The van der Waals surface area contributed by atoms with Gasteiger partial charge in [-0.1, -0.05) is 0 Å². The zero-order valence-electron chi connectivity index (χ0n) is 15.6. The SMILES string of the molecule is CC(=O)Cc1cc(Oc2ccc3c(c2)nc(Nc2cccnc2)n3C)ccn1. The molecule has 0 bridgehead atoms. The van der Waals surface area contributed by atoms with E-state index in [0.29, 0.717) is 29.6 Å². The molecule has 0 aliphatic carbocycles. The molecule has 3 heterocycles. The minimum absolute atomic E-state index is 0.0631. The third kappa shape index (κ3) is 3.83. The number of ketones is 1. The monoisotopic (exact) mass is 373 g/mol. The number of ether oxygens (including phenoxy) is 1. The summed E-state index contributed by atoms with van der Waals surface area (Å²) in [5, 5.41) is 3.26. The van der Waals surface area contributed by atoms with Crippen LogP contribution in [-0.4, -0.2) is 25.3 Å². The lowest BCUT2D eigenvalue weighted by atomic mass is 10.2. The van der Waals surface area contributed by atoms with Gasteiger partial charge < -0.3 is 14.6 Å². The van der Waals surface area contributed by atoms with E-state index in [9.17, 15) is 4.79 Å². The number of anilines is 2. The predicted octanol–water partition coefficient (Wildman–Crippen LogP) is 4.03. The number of rotatable bonds is 6. The van der Waals surface area contributed by atoms with Crippen LogP contribution in [0.25, 0.3) is 11.0 Å². The van der Waals surface area contributed by atoms with Gasteiger partial charge in [-0.15, -0.1) is 0 Å². The van der Waals surface area contributed by atoms with Gasteiger partial charge >= 0.3 is 0 Å². The molecular weight excluding hydrogens is 354 g/mol. The van der Waals surface area contributed by atoms with E-state index in [2.05, 4.69) is 20.3 Å². The Morgan fingerprint density at radius 3 is 2.79 bits per heavy atom. The van der Waals surface area contributed by atoms with Crippen LogP contribution in [0.3, 0.4) is 0 Å². The topological polar surface area (TPSA) is 81.9 Å². The summed E-state index contributed by atoms with van der Waals surface area (Å²) in [4.78, 5) is 24.2. The van der Waals surface area contributed by atoms with Crippen LogP contribution < -0.4 is 10.1 Å². The summed E-state index contributed by atoms with van der Waals surface area (Å²) in [6.45, 7) is 1.54. The van der Waals surface area contributed by atoms with Gasteiger partial charge in [0.15, 0.2) is 0 Å². The van der Waals surface area contributed by atoms with E-state index in [1.165, 1.54) is 0 Å². The highest BCUT2D eigenvalue weighted by atomic mass is 16.5. The average Bonchev–Trinajstić information content (AvgIpc) is 2.97. The summed E-state index contributed by atoms with van der Waals surface area (Å²) in [7, 11) is 1.95. The van der Waals surface area contributed by atoms with E-state index in [0.717, 1.165) is 16.7 Å². The minimum Gasteiger partial charge on any atom is -0.457 e. The van der Waals surface area contributed by atoms with E-state index >= 15 is 0 Å². The van der Waals surface area contributed by atoms with Crippen molar-refractivity contribution in [3.05, 3.63) is 66.7 Å². The van der Waals surface area contributed by atoms with Crippen LogP contribution >= 0.6 is 0 Å². The van der Waals surface area contributed by atoms with Crippen molar-refractivity contribution in [2.75, 3.05) is 5.32 Å². The second-order valence-electron chi connectivity index (χ2n) is 6.48. The minimum atomic E-state index is 0.0631. The van der Waals surface area contributed by atoms with Crippen LogP contribution in [-0.2, 0) is 18.3 Å². The lowest BCUT2D eigenvalue weighted by molar-refractivity contribution is -0.116. The van der Waals surface area contributed by atoms with E-state index < -0.39 is 0 Å². The van der Waals surface area contributed by atoms with Crippen LogP contribution in [0.1, 0.15) is 12.6 Å². The Morgan fingerprint density at radius 2 is 2.00 bits per heavy atom. The van der Waals surface area contributed by atoms with Gasteiger partial charge in [-0.3, -0.25) is 14.8 Å². The highest BCUT2D eigenvalue weighted by Crippen LogP contribution is 2.28. The smallest absolute Gasteiger partial charge is 0.208 e. The molecule has 0 amide bonds. The average molecular weight is 373 g/mol. The maximum absolute atomic E-state index is 11.3. The van der Waals surface area contributed by atoms with Crippen molar-refractivity contribution in [1.82, 2.24) is 19.5 Å². The number of pyridine rings is 2. The second kappa shape index (κ2) is 7.48. The van der Waals surface area contributed by atoms with E-state index in [1.54, 1.807) is 37.6 Å². The largest absolute Gasteiger partial charge is 0.457 e. The molecular formula is C21H19N5O2. The van der Waals surface area contributed by atoms with Gasteiger partial charge in [0.25, 0.3) is 0 Å². The molecule has 0 unspecified atom stereocenters. The van der Waals surface area contributed by atoms with Crippen molar-refractivity contribution in [3.8, 4) is 11.5 Å². The molecule has 1 N–H and O–H groups in total. The molecule has 4 aromatic rings. The van der Waals surface area contributed by atoms with Crippen molar-refractivity contribution in [1.29, 1.82) is 0 Å². The van der Waals surface area contributed by atoms with Crippen molar-refractivity contribution in [2.24, 2.45) is 7.05 Å². The molecule has 3 aromatic heterocycles. The number of carbonyl (C=O) groups is 1. The van der Waals surface area contributed by atoms with E-state index in [-0.39, 0.29) is 5.78 Å². The molecule has 0 saturated heterocycles. The van der Waals surface area contributed by atoms with Crippen LogP contribution in [0, 0.1) is 0 Å². The highest BCUT2D eigenvalue weighted by molar-refractivity contribution is 5.81. The molecule has 0 spiro atoms. The summed E-state index contributed by atoms with van der Waals surface area (Å²) < 4.78 is 7.92. The number of aromatic nitrogens is 4. The molecule has 1 aromatic carbocycles. The fraction of sp³-hybridized carbons (Fsp3) is 0.143. The zero-order chi connectivity index (χ0) is 19.5. The normalized spacial score (nSPS) is 10.8. The number of imidazole rings is 1. The number of fused-ring (bicyclic) bond motifs is 1. The first-order valence-corrected chi connectivity index (χ1v) is 8.84. The highest BCUT2D eigenvalue weighted by Gasteiger charge is 2.10. The fourth-order valence-electron chi connectivity index (χ4n) is 2.93. The van der Waals surface area contributed by atoms with Gasteiger partial charge in [0, 0.05) is 38.0 Å². The summed E-state index contributed by atoms with van der Waals surface area (Å²) in [6.07, 6.45) is 5.41. The van der Waals surface area contributed by atoms with Crippen molar-refractivity contribution in [2.45, 2.75) is 13.3 Å². The van der Waals surface area contributed by atoms with Crippen molar-refractivity contribution >= 4 is 28.5 Å². The van der Waals surface area contributed by atoms with E-state index in [4.69, 9.17) is 4.74 Å². The number of hydrogen-bond acceptors (Lipinski definition) is 6. The van der Waals surface area contributed by atoms with Gasteiger partial charge in [0.1, 0.15) is 17.3 Å². The first kappa shape index (κ1) is 17.7. The molecule has 28 heavy (non-hydrogen) atoms. The Bertz CT molecular complexity index is 1140. The molecule has 0 aliphatic heterocycles. The maximum Gasteiger partial charge on any atom is 0.208 e. The third-order valence-electron chi connectivity index (χ3n) is 4.22. The number of carbonyl (C=O) groups excluding carboxylic acids is 1. The Labute approximate surface area is 162 Å². The van der Waals surface area contributed by atoms with Crippen LogP contribution in [0.2, 0.25) is 0 Å².